The summed E-state index contributed by atoms with van der Waals surface area (Å²) in [4.78, 5) is 26.4. The highest BCUT2D eigenvalue weighted by Gasteiger charge is 2.34. The SMILES string of the molecule is CC1(C)CCCCC1N=C1NC(=O)C(=O)N1. The largest absolute Gasteiger partial charge is 0.316 e. The van der Waals surface area contributed by atoms with E-state index in [2.05, 4.69) is 29.5 Å². The average molecular weight is 223 g/mol. The molecule has 0 aromatic rings. The van der Waals surface area contributed by atoms with E-state index in [0.717, 1.165) is 19.3 Å². The molecular weight excluding hydrogens is 206 g/mol. The molecule has 2 aliphatic rings. The van der Waals surface area contributed by atoms with Crippen LogP contribution in [0.3, 0.4) is 0 Å². The van der Waals surface area contributed by atoms with Gasteiger partial charge in [-0.3, -0.25) is 20.2 Å². The van der Waals surface area contributed by atoms with E-state index in [1.54, 1.807) is 0 Å². The number of hydrogen-bond acceptors (Lipinski definition) is 3. The molecule has 0 spiro atoms. The Labute approximate surface area is 94.7 Å². The number of nitrogens with one attached hydrogen (secondary N) is 2. The van der Waals surface area contributed by atoms with Gasteiger partial charge in [0, 0.05) is 0 Å². The molecule has 2 fully saturated rings. The summed E-state index contributed by atoms with van der Waals surface area (Å²) in [5.41, 5.74) is 0.142. The van der Waals surface area contributed by atoms with Crippen LogP contribution in [-0.2, 0) is 9.59 Å². The number of hydrogen-bond donors (Lipinski definition) is 2. The monoisotopic (exact) mass is 223 g/mol. The van der Waals surface area contributed by atoms with Crippen molar-refractivity contribution in [3.05, 3.63) is 0 Å². The van der Waals surface area contributed by atoms with Gasteiger partial charge in [0.2, 0.25) is 5.96 Å². The Balaban J connectivity index is 2.11. The van der Waals surface area contributed by atoms with Crippen LogP contribution in [0.2, 0.25) is 0 Å². The normalized spacial score (nSPS) is 28.6. The lowest BCUT2D eigenvalue weighted by molar-refractivity contribution is -0.135. The Hall–Kier alpha value is -1.39. The molecule has 1 saturated carbocycles. The Kier molecular flexibility index (Phi) is 2.69. The molecule has 1 atom stereocenters. The van der Waals surface area contributed by atoms with E-state index in [1.807, 2.05) is 0 Å². The first-order valence-electron chi connectivity index (χ1n) is 5.69. The van der Waals surface area contributed by atoms with Crippen LogP contribution in [0.5, 0.6) is 0 Å². The standard InChI is InChI=1S/C11H17N3O2/c1-11(2)6-4-3-5-7(11)12-10-13-8(15)9(16)14-10/h7H,3-6H2,1-2H3,(H2,12,13,14,15,16). The minimum Gasteiger partial charge on any atom is -0.288 e. The predicted molar refractivity (Wildman–Crippen MR) is 59.8 cm³/mol. The van der Waals surface area contributed by atoms with Crippen LogP contribution in [0.15, 0.2) is 4.99 Å². The molecule has 0 aromatic heterocycles. The summed E-state index contributed by atoms with van der Waals surface area (Å²) in [6.45, 7) is 4.36. The van der Waals surface area contributed by atoms with Gasteiger partial charge in [-0.2, -0.15) is 0 Å². The third kappa shape index (κ3) is 2.08. The third-order valence-electron chi connectivity index (χ3n) is 3.41. The number of amides is 2. The highest BCUT2D eigenvalue weighted by atomic mass is 16.2. The second kappa shape index (κ2) is 3.88. The fourth-order valence-corrected chi connectivity index (χ4v) is 2.30. The van der Waals surface area contributed by atoms with Crippen LogP contribution in [0.1, 0.15) is 39.5 Å². The first-order chi connectivity index (χ1) is 7.49. The summed E-state index contributed by atoms with van der Waals surface area (Å²) in [7, 11) is 0. The topological polar surface area (TPSA) is 70.6 Å². The van der Waals surface area contributed by atoms with Crippen molar-refractivity contribution < 1.29 is 9.59 Å². The maximum atomic E-state index is 11.0. The van der Waals surface area contributed by atoms with Crippen molar-refractivity contribution in [3.63, 3.8) is 0 Å². The van der Waals surface area contributed by atoms with Crippen molar-refractivity contribution in [1.82, 2.24) is 10.6 Å². The minimum atomic E-state index is -0.618. The summed E-state index contributed by atoms with van der Waals surface area (Å²) in [5, 5.41) is 4.88. The third-order valence-corrected chi connectivity index (χ3v) is 3.41. The first-order valence-corrected chi connectivity index (χ1v) is 5.69. The molecule has 1 aliphatic heterocycles. The fourth-order valence-electron chi connectivity index (χ4n) is 2.30. The molecule has 1 heterocycles. The van der Waals surface area contributed by atoms with E-state index in [0.29, 0.717) is 5.96 Å². The first kappa shape index (κ1) is 11.1. The van der Waals surface area contributed by atoms with Crippen LogP contribution in [-0.4, -0.2) is 23.8 Å². The summed E-state index contributed by atoms with van der Waals surface area (Å²) < 4.78 is 0. The van der Waals surface area contributed by atoms with Gasteiger partial charge >= 0.3 is 11.8 Å². The average Bonchev–Trinajstić information content (AvgIpc) is 2.50. The van der Waals surface area contributed by atoms with Crippen molar-refractivity contribution in [3.8, 4) is 0 Å². The van der Waals surface area contributed by atoms with Crippen LogP contribution < -0.4 is 10.6 Å². The Morgan fingerprint density at radius 2 is 1.81 bits per heavy atom. The molecule has 0 aromatic carbocycles. The lowest BCUT2D eigenvalue weighted by Gasteiger charge is -2.36. The molecule has 88 valence electrons. The predicted octanol–water partition coefficient (Wildman–Crippen LogP) is 0.557. The van der Waals surface area contributed by atoms with Gasteiger partial charge in [0.1, 0.15) is 0 Å². The van der Waals surface area contributed by atoms with E-state index in [1.165, 1.54) is 6.42 Å². The van der Waals surface area contributed by atoms with Crippen molar-refractivity contribution in [1.29, 1.82) is 0 Å². The van der Waals surface area contributed by atoms with E-state index in [9.17, 15) is 9.59 Å². The van der Waals surface area contributed by atoms with Gasteiger partial charge in [-0.25, -0.2) is 4.99 Å². The zero-order valence-electron chi connectivity index (χ0n) is 9.67. The molecule has 2 rings (SSSR count). The molecule has 16 heavy (non-hydrogen) atoms. The number of rotatable bonds is 1. The molecule has 2 N–H and O–H groups in total. The van der Waals surface area contributed by atoms with Gasteiger partial charge in [-0.1, -0.05) is 26.7 Å². The van der Waals surface area contributed by atoms with Crippen molar-refractivity contribution in [2.45, 2.75) is 45.6 Å². The Bertz CT molecular complexity index is 342. The van der Waals surface area contributed by atoms with Gasteiger partial charge in [0.25, 0.3) is 0 Å². The van der Waals surface area contributed by atoms with Crippen LogP contribution in [0, 0.1) is 5.41 Å². The zero-order chi connectivity index (χ0) is 11.8. The van der Waals surface area contributed by atoms with Gasteiger partial charge in [-0.15, -0.1) is 0 Å². The minimum absolute atomic E-state index is 0.142. The fraction of sp³-hybridized carbons (Fsp3) is 0.727. The molecule has 5 nitrogen and oxygen atoms in total. The van der Waals surface area contributed by atoms with Crippen LogP contribution >= 0.6 is 0 Å². The van der Waals surface area contributed by atoms with Crippen LogP contribution in [0.4, 0.5) is 0 Å². The summed E-state index contributed by atoms with van der Waals surface area (Å²) in [6.07, 6.45) is 4.54. The smallest absolute Gasteiger partial charge is 0.288 e. The molecule has 2 amide bonds. The highest BCUT2D eigenvalue weighted by Crippen LogP contribution is 2.37. The van der Waals surface area contributed by atoms with E-state index in [-0.39, 0.29) is 11.5 Å². The molecule has 1 aliphatic carbocycles. The molecule has 5 heteroatoms. The van der Waals surface area contributed by atoms with Gasteiger partial charge in [-0.05, 0) is 18.3 Å². The van der Waals surface area contributed by atoms with Crippen molar-refractivity contribution in [2.75, 3.05) is 0 Å². The molecule has 1 saturated heterocycles. The maximum absolute atomic E-state index is 11.0. The number of carbonyl (C=O) groups excluding carboxylic acids is 2. The zero-order valence-corrected chi connectivity index (χ0v) is 9.67. The quantitative estimate of drug-likeness (QED) is 0.637. The highest BCUT2D eigenvalue weighted by molar-refractivity contribution is 6.45. The molecule has 0 radical (unpaired) electrons. The van der Waals surface area contributed by atoms with E-state index in [4.69, 9.17) is 0 Å². The summed E-state index contributed by atoms with van der Waals surface area (Å²) >= 11 is 0. The van der Waals surface area contributed by atoms with E-state index >= 15 is 0 Å². The lowest BCUT2D eigenvalue weighted by Crippen LogP contribution is -2.36. The van der Waals surface area contributed by atoms with Gasteiger partial charge in [0.15, 0.2) is 0 Å². The lowest BCUT2D eigenvalue weighted by atomic mass is 9.73. The number of carbonyl (C=O) groups is 2. The summed E-state index contributed by atoms with van der Waals surface area (Å²) in [6, 6.07) is 0.176. The van der Waals surface area contributed by atoms with Crippen LogP contribution in [0.25, 0.3) is 0 Å². The Morgan fingerprint density at radius 3 is 2.38 bits per heavy atom. The number of guanidine groups is 1. The van der Waals surface area contributed by atoms with Crippen molar-refractivity contribution in [2.24, 2.45) is 10.4 Å². The molecular formula is C11H17N3O2. The number of aliphatic imine (C=N–C) groups is 1. The number of nitrogens with zero attached hydrogens (tertiary/aromatic N) is 1. The van der Waals surface area contributed by atoms with Crippen molar-refractivity contribution >= 4 is 17.8 Å². The second-order valence-electron chi connectivity index (χ2n) is 5.14. The molecule has 1 unspecified atom stereocenters. The summed E-state index contributed by atoms with van der Waals surface area (Å²) in [5.74, 6) is -0.922. The maximum Gasteiger partial charge on any atom is 0.316 e. The molecule has 0 bridgehead atoms. The van der Waals surface area contributed by atoms with Gasteiger partial charge < -0.3 is 0 Å². The Morgan fingerprint density at radius 1 is 1.19 bits per heavy atom. The second-order valence-corrected chi connectivity index (χ2v) is 5.14. The van der Waals surface area contributed by atoms with E-state index < -0.39 is 11.8 Å². The van der Waals surface area contributed by atoms with Gasteiger partial charge in [0.05, 0.1) is 6.04 Å².